The normalized spacial score (nSPS) is 10.2. The van der Waals surface area contributed by atoms with Crippen molar-refractivity contribution in [2.24, 2.45) is 0 Å². The maximum Gasteiger partial charge on any atom is 0.371 e. The first-order valence-corrected chi connectivity index (χ1v) is 7.66. The molecule has 3 rings (SSSR count). The highest BCUT2D eigenvalue weighted by molar-refractivity contribution is 5.80. The summed E-state index contributed by atoms with van der Waals surface area (Å²) in [6.07, 6.45) is 0. The lowest BCUT2D eigenvalue weighted by Crippen LogP contribution is -2.25. The second-order valence-electron chi connectivity index (χ2n) is 5.31. The molecule has 0 aliphatic carbocycles. The highest BCUT2D eigenvalue weighted by atomic mass is 16.6. The van der Waals surface area contributed by atoms with Gasteiger partial charge in [-0.15, -0.1) is 0 Å². The van der Waals surface area contributed by atoms with Gasteiger partial charge in [0.2, 0.25) is 0 Å². The Hall–Kier alpha value is -3.94. The van der Waals surface area contributed by atoms with Crippen molar-refractivity contribution in [1.29, 1.82) is 0 Å². The highest BCUT2D eigenvalue weighted by Gasteiger charge is 2.31. The SMILES string of the molecule is O=[N+]([O-])c1cccc(N(Nc2ccccc2)c2ccccc2)c1[N+](=O)[O-]. The molecule has 0 amide bonds. The smallest absolute Gasteiger partial charge is 0.294 e. The number of hydrazine groups is 1. The van der Waals surface area contributed by atoms with Gasteiger partial charge in [-0.2, -0.15) is 0 Å². The number of para-hydroxylation sites is 3. The first-order valence-electron chi connectivity index (χ1n) is 7.66. The van der Waals surface area contributed by atoms with Crippen LogP contribution in [0.3, 0.4) is 0 Å². The van der Waals surface area contributed by atoms with Crippen molar-refractivity contribution in [2.45, 2.75) is 0 Å². The molecule has 3 aromatic carbocycles. The maximum absolute atomic E-state index is 11.6. The summed E-state index contributed by atoms with van der Waals surface area (Å²) in [6, 6.07) is 21.9. The number of nitrogens with zero attached hydrogens (tertiary/aromatic N) is 3. The third-order valence-corrected chi connectivity index (χ3v) is 3.64. The average molecular weight is 350 g/mol. The summed E-state index contributed by atoms with van der Waals surface area (Å²) in [6.45, 7) is 0. The van der Waals surface area contributed by atoms with Crippen LogP contribution in [0.1, 0.15) is 0 Å². The van der Waals surface area contributed by atoms with Crippen LogP contribution in [0.15, 0.2) is 78.9 Å². The van der Waals surface area contributed by atoms with Crippen molar-refractivity contribution < 1.29 is 9.85 Å². The van der Waals surface area contributed by atoms with E-state index in [4.69, 9.17) is 0 Å². The van der Waals surface area contributed by atoms with Crippen molar-refractivity contribution >= 4 is 28.4 Å². The summed E-state index contributed by atoms with van der Waals surface area (Å²) in [5, 5.41) is 24.3. The van der Waals surface area contributed by atoms with Crippen molar-refractivity contribution in [1.82, 2.24) is 0 Å². The van der Waals surface area contributed by atoms with E-state index in [0.717, 1.165) is 6.07 Å². The molecule has 0 saturated heterocycles. The van der Waals surface area contributed by atoms with Crippen molar-refractivity contribution in [3.63, 3.8) is 0 Å². The van der Waals surface area contributed by atoms with Crippen LogP contribution in [0.2, 0.25) is 0 Å². The maximum atomic E-state index is 11.6. The lowest BCUT2D eigenvalue weighted by molar-refractivity contribution is -0.421. The number of nitro groups is 2. The van der Waals surface area contributed by atoms with Gasteiger partial charge in [0, 0.05) is 6.07 Å². The molecule has 3 aromatic rings. The number of nitro benzene ring substituents is 2. The van der Waals surface area contributed by atoms with Gasteiger partial charge in [-0.3, -0.25) is 25.7 Å². The number of benzene rings is 3. The Kier molecular flexibility index (Phi) is 4.75. The molecule has 0 fully saturated rings. The lowest BCUT2D eigenvalue weighted by atomic mass is 10.2. The largest absolute Gasteiger partial charge is 0.371 e. The van der Waals surface area contributed by atoms with E-state index in [1.54, 1.807) is 36.4 Å². The molecule has 0 bridgehead atoms. The summed E-state index contributed by atoms with van der Waals surface area (Å²) in [4.78, 5) is 21.3. The second kappa shape index (κ2) is 7.31. The minimum Gasteiger partial charge on any atom is -0.294 e. The monoisotopic (exact) mass is 350 g/mol. The standard InChI is InChI=1S/C18H14N4O4/c23-21(24)17-13-7-12-16(18(17)22(25)26)20(15-10-5-2-6-11-15)19-14-8-3-1-4-9-14/h1-13,19H. The summed E-state index contributed by atoms with van der Waals surface area (Å²) < 4.78 is 0. The van der Waals surface area contributed by atoms with E-state index in [0.29, 0.717) is 11.4 Å². The molecular weight excluding hydrogens is 336 g/mol. The molecular formula is C18H14N4O4. The zero-order chi connectivity index (χ0) is 18.5. The first-order chi connectivity index (χ1) is 12.6. The molecule has 1 N–H and O–H groups in total. The van der Waals surface area contributed by atoms with Gasteiger partial charge in [-0.1, -0.05) is 42.5 Å². The average Bonchev–Trinajstić information content (AvgIpc) is 2.67. The minimum atomic E-state index is -0.757. The Morgan fingerprint density at radius 3 is 1.92 bits per heavy atom. The minimum absolute atomic E-state index is 0.0688. The Balaban J connectivity index is 2.18. The summed E-state index contributed by atoms with van der Waals surface area (Å²) in [5.74, 6) is 0. The predicted molar refractivity (Wildman–Crippen MR) is 98.4 cm³/mol. The summed E-state index contributed by atoms with van der Waals surface area (Å²) >= 11 is 0. The van der Waals surface area contributed by atoms with Crippen molar-refractivity contribution in [3.05, 3.63) is 99.1 Å². The van der Waals surface area contributed by atoms with Crippen LogP contribution in [0, 0.1) is 20.2 Å². The highest BCUT2D eigenvalue weighted by Crippen LogP contribution is 2.39. The number of hydrogen-bond donors (Lipinski definition) is 1. The Labute approximate surface area is 148 Å². The molecule has 8 nitrogen and oxygen atoms in total. The number of rotatable bonds is 6. The number of nitrogens with one attached hydrogen (secondary N) is 1. The molecule has 0 radical (unpaired) electrons. The van der Waals surface area contributed by atoms with Crippen molar-refractivity contribution in [3.8, 4) is 0 Å². The van der Waals surface area contributed by atoms with Crippen LogP contribution in [0.5, 0.6) is 0 Å². The zero-order valence-electron chi connectivity index (χ0n) is 13.5. The van der Waals surface area contributed by atoms with Crippen LogP contribution in [-0.2, 0) is 0 Å². The van der Waals surface area contributed by atoms with E-state index in [1.165, 1.54) is 17.1 Å². The number of hydrogen-bond acceptors (Lipinski definition) is 6. The third-order valence-electron chi connectivity index (χ3n) is 3.64. The van der Waals surface area contributed by atoms with Gasteiger partial charge in [-0.25, -0.2) is 5.01 Å². The van der Waals surface area contributed by atoms with Crippen LogP contribution in [0.25, 0.3) is 0 Å². The molecule has 0 aromatic heterocycles. The second-order valence-corrected chi connectivity index (χ2v) is 5.31. The Morgan fingerprint density at radius 2 is 1.35 bits per heavy atom. The molecule has 0 aliphatic heterocycles. The predicted octanol–water partition coefficient (Wildman–Crippen LogP) is 4.67. The molecule has 0 heterocycles. The topological polar surface area (TPSA) is 102 Å². The summed E-state index contributed by atoms with van der Waals surface area (Å²) in [7, 11) is 0. The van der Waals surface area contributed by atoms with Gasteiger partial charge in [0.25, 0.3) is 0 Å². The van der Waals surface area contributed by atoms with Gasteiger partial charge in [0.05, 0.1) is 21.2 Å². The Bertz CT molecular complexity index is 932. The molecule has 0 unspecified atom stereocenters. The fourth-order valence-electron chi connectivity index (χ4n) is 2.52. The van der Waals surface area contributed by atoms with Gasteiger partial charge in [-0.05, 0) is 30.3 Å². The Morgan fingerprint density at radius 1 is 0.731 bits per heavy atom. The van der Waals surface area contributed by atoms with E-state index < -0.39 is 21.2 Å². The fourth-order valence-corrected chi connectivity index (χ4v) is 2.52. The van der Waals surface area contributed by atoms with Gasteiger partial charge in [0.15, 0.2) is 0 Å². The van der Waals surface area contributed by atoms with E-state index in [2.05, 4.69) is 5.43 Å². The fraction of sp³-hybridized carbons (Fsp3) is 0. The molecule has 130 valence electrons. The summed E-state index contributed by atoms with van der Waals surface area (Å²) in [5.41, 5.74) is 3.28. The lowest BCUT2D eigenvalue weighted by Gasteiger charge is -2.26. The molecule has 8 heteroatoms. The van der Waals surface area contributed by atoms with Crippen molar-refractivity contribution in [2.75, 3.05) is 10.4 Å². The van der Waals surface area contributed by atoms with Crippen LogP contribution >= 0.6 is 0 Å². The molecule has 26 heavy (non-hydrogen) atoms. The van der Waals surface area contributed by atoms with Crippen LogP contribution < -0.4 is 10.4 Å². The van der Waals surface area contributed by atoms with E-state index in [1.807, 2.05) is 24.3 Å². The molecule has 0 saturated carbocycles. The van der Waals surface area contributed by atoms with E-state index in [-0.39, 0.29) is 5.69 Å². The van der Waals surface area contributed by atoms with E-state index in [9.17, 15) is 20.2 Å². The quantitative estimate of drug-likeness (QED) is 0.512. The van der Waals surface area contributed by atoms with Crippen LogP contribution in [-0.4, -0.2) is 9.85 Å². The van der Waals surface area contributed by atoms with E-state index >= 15 is 0 Å². The molecule has 0 atom stereocenters. The van der Waals surface area contributed by atoms with Gasteiger partial charge in [0.1, 0.15) is 5.69 Å². The third kappa shape index (κ3) is 3.44. The van der Waals surface area contributed by atoms with Gasteiger partial charge >= 0.3 is 11.4 Å². The van der Waals surface area contributed by atoms with Crippen LogP contribution in [0.4, 0.5) is 28.4 Å². The first kappa shape index (κ1) is 16.9. The molecule has 0 aliphatic rings. The molecule has 0 spiro atoms. The van der Waals surface area contributed by atoms with Gasteiger partial charge < -0.3 is 0 Å². The zero-order valence-corrected chi connectivity index (χ0v) is 13.5. The number of anilines is 3.